The highest BCUT2D eigenvalue weighted by Crippen LogP contribution is 2.10. The Balaban J connectivity index is 2.59. The summed E-state index contributed by atoms with van der Waals surface area (Å²) in [4.78, 5) is 16.0. The van der Waals surface area contributed by atoms with Crippen molar-refractivity contribution in [2.45, 2.75) is 26.4 Å². The molecule has 0 saturated heterocycles. The summed E-state index contributed by atoms with van der Waals surface area (Å²) in [6.45, 7) is 4.82. The summed E-state index contributed by atoms with van der Waals surface area (Å²) in [5, 5.41) is 0. The topological polar surface area (TPSA) is 32.8 Å². The monoisotopic (exact) mass is 278 g/mol. The molecular weight excluding hydrogens is 252 g/mol. The zero-order chi connectivity index (χ0) is 15.0. The van der Waals surface area contributed by atoms with Crippen LogP contribution in [-0.2, 0) is 22.6 Å². The summed E-state index contributed by atoms with van der Waals surface area (Å²) in [5.74, 6) is 0.145. The predicted molar refractivity (Wildman–Crippen MR) is 81.4 cm³/mol. The maximum atomic E-state index is 12.0. The number of nitrogens with zero attached hydrogens (tertiary/aromatic N) is 2. The van der Waals surface area contributed by atoms with E-state index in [1.54, 1.807) is 7.11 Å². The second-order valence-corrected chi connectivity index (χ2v) is 5.20. The van der Waals surface area contributed by atoms with E-state index in [0.29, 0.717) is 19.6 Å². The minimum atomic E-state index is 0.145. The van der Waals surface area contributed by atoms with Crippen molar-refractivity contribution in [3.8, 4) is 0 Å². The Morgan fingerprint density at radius 1 is 1.10 bits per heavy atom. The summed E-state index contributed by atoms with van der Waals surface area (Å²) in [6.07, 6.45) is 0.447. The van der Waals surface area contributed by atoms with Crippen molar-refractivity contribution in [1.82, 2.24) is 9.80 Å². The van der Waals surface area contributed by atoms with E-state index in [4.69, 9.17) is 4.74 Å². The molecule has 1 aromatic rings. The van der Waals surface area contributed by atoms with Crippen molar-refractivity contribution in [3.63, 3.8) is 0 Å². The van der Waals surface area contributed by atoms with Gasteiger partial charge in [-0.25, -0.2) is 0 Å². The number of rotatable bonds is 8. The Morgan fingerprint density at radius 3 is 2.10 bits per heavy atom. The highest BCUT2D eigenvalue weighted by molar-refractivity contribution is 5.76. The lowest BCUT2D eigenvalue weighted by molar-refractivity contribution is -0.132. The molecule has 112 valence electrons. The highest BCUT2D eigenvalue weighted by Gasteiger charge is 2.11. The molecule has 0 bridgehead atoms. The smallest absolute Gasteiger partial charge is 0.225 e. The van der Waals surface area contributed by atoms with Crippen LogP contribution in [0.2, 0.25) is 0 Å². The van der Waals surface area contributed by atoms with Crippen LogP contribution in [0.1, 0.15) is 24.5 Å². The number of ether oxygens (including phenoxy) is 1. The Hall–Kier alpha value is -1.39. The van der Waals surface area contributed by atoms with Crippen LogP contribution in [0.5, 0.6) is 0 Å². The molecular formula is C16H26N2O2. The number of methoxy groups -OCH3 is 1. The molecule has 0 aliphatic rings. The molecule has 0 aliphatic carbocycles. The van der Waals surface area contributed by atoms with Gasteiger partial charge in [-0.05, 0) is 32.1 Å². The van der Waals surface area contributed by atoms with Crippen molar-refractivity contribution < 1.29 is 9.53 Å². The van der Waals surface area contributed by atoms with Gasteiger partial charge in [-0.15, -0.1) is 0 Å². The minimum absolute atomic E-state index is 0.145. The van der Waals surface area contributed by atoms with Crippen molar-refractivity contribution in [1.29, 1.82) is 0 Å². The number of amides is 1. The number of carbonyl (C=O) groups is 1. The van der Waals surface area contributed by atoms with Gasteiger partial charge in [-0.1, -0.05) is 24.3 Å². The van der Waals surface area contributed by atoms with Crippen LogP contribution in [0.4, 0.5) is 0 Å². The second kappa shape index (κ2) is 8.72. The maximum absolute atomic E-state index is 12.0. The van der Waals surface area contributed by atoms with Gasteiger partial charge in [-0.2, -0.15) is 0 Å². The van der Waals surface area contributed by atoms with E-state index in [9.17, 15) is 4.79 Å². The van der Waals surface area contributed by atoms with E-state index < -0.39 is 0 Å². The fourth-order valence-electron chi connectivity index (χ4n) is 2.06. The number of hydrogen-bond acceptors (Lipinski definition) is 3. The van der Waals surface area contributed by atoms with Gasteiger partial charge in [0.25, 0.3) is 0 Å². The number of carbonyl (C=O) groups excluding carboxylic acids is 1. The third-order valence-electron chi connectivity index (χ3n) is 3.15. The zero-order valence-corrected chi connectivity index (χ0v) is 13.1. The lowest BCUT2D eigenvalue weighted by Gasteiger charge is -2.21. The fourth-order valence-corrected chi connectivity index (χ4v) is 2.06. The Labute approximate surface area is 122 Å². The molecule has 0 atom stereocenters. The standard InChI is InChI=1S/C16H26N2O2/c1-5-18(16(19)10-11-20-4)13-15-8-6-14(7-9-15)12-17(2)3/h6-9H,5,10-13H2,1-4H3. The van der Waals surface area contributed by atoms with Gasteiger partial charge >= 0.3 is 0 Å². The Kier molecular flexibility index (Phi) is 7.26. The minimum Gasteiger partial charge on any atom is -0.384 e. The molecule has 0 aromatic heterocycles. The molecule has 4 heteroatoms. The van der Waals surface area contributed by atoms with Crippen molar-refractivity contribution in [2.75, 3.05) is 34.4 Å². The number of benzene rings is 1. The average molecular weight is 278 g/mol. The van der Waals surface area contributed by atoms with Crippen LogP contribution in [0.25, 0.3) is 0 Å². The molecule has 1 rings (SSSR count). The first-order valence-electron chi connectivity index (χ1n) is 7.06. The maximum Gasteiger partial charge on any atom is 0.225 e. The van der Waals surface area contributed by atoms with E-state index in [1.807, 2.05) is 11.8 Å². The van der Waals surface area contributed by atoms with E-state index in [-0.39, 0.29) is 5.91 Å². The van der Waals surface area contributed by atoms with Crippen LogP contribution in [0.15, 0.2) is 24.3 Å². The van der Waals surface area contributed by atoms with Gasteiger partial charge in [-0.3, -0.25) is 4.79 Å². The molecule has 0 radical (unpaired) electrons. The average Bonchev–Trinajstić information content (AvgIpc) is 2.43. The largest absolute Gasteiger partial charge is 0.384 e. The zero-order valence-electron chi connectivity index (χ0n) is 13.1. The lowest BCUT2D eigenvalue weighted by Crippen LogP contribution is -2.30. The molecule has 1 aromatic carbocycles. The molecule has 0 N–H and O–H groups in total. The van der Waals surface area contributed by atoms with Crippen LogP contribution < -0.4 is 0 Å². The first kappa shape index (κ1) is 16.7. The highest BCUT2D eigenvalue weighted by atomic mass is 16.5. The fraction of sp³-hybridized carbons (Fsp3) is 0.562. The van der Waals surface area contributed by atoms with Gasteiger partial charge in [0.2, 0.25) is 5.91 Å². The van der Waals surface area contributed by atoms with Crippen LogP contribution in [-0.4, -0.2) is 50.1 Å². The molecule has 4 nitrogen and oxygen atoms in total. The normalized spacial score (nSPS) is 10.8. The molecule has 0 fully saturated rings. The van der Waals surface area contributed by atoms with E-state index in [2.05, 4.69) is 43.3 Å². The van der Waals surface area contributed by atoms with Crippen LogP contribution in [0.3, 0.4) is 0 Å². The molecule has 1 amide bonds. The summed E-state index contributed by atoms with van der Waals surface area (Å²) in [5.41, 5.74) is 2.45. The third kappa shape index (κ3) is 5.72. The van der Waals surface area contributed by atoms with Crippen molar-refractivity contribution in [2.24, 2.45) is 0 Å². The van der Waals surface area contributed by atoms with Gasteiger partial charge in [0.15, 0.2) is 0 Å². The Morgan fingerprint density at radius 2 is 1.65 bits per heavy atom. The van der Waals surface area contributed by atoms with Crippen LogP contribution >= 0.6 is 0 Å². The quantitative estimate of drug-likeness (QED) is 0.730. The van der Waals surface area contributed by atoms with E-state index in [1.165, 1.54) is 11.1 Å². The SMILES string of the molecule is CCN(Cc1ccc(CN(C)C)cc1)C(=O)CCOC. The van der Waals surface area contributed by atoms with Crippen molar-refractivity contribution >= 4 is 5.91 Å². The van der Waals surface area contributed by atoms with Gasteiger partial charge in [0.1, 0.15) is 0 Å². The van der Waals surface area contributed by atoms with Crippen LogP contribution in [0, 0.1) is 0 Å². The van der Waals surface area contributed by atoms with E-state index >= 15 is 0 Å². The summed E-state index contributed by atoms with van der Waals surface area (Å²) < 4.78 is 4.96. The molecule has 0 unspecified atom stereocenters. The third-order valence-corrected chi connectivity index (χ3v) is 3.15. The Bertz CT molecular complexity index is 401. The molecule has 0 saturated carbocycles. The van der Waals surface area contributed by atoms with Gasteiger partial charge in [0.05, 0.1) is 13.0 Å². The molecule has 0 aliphatic heterocycles. The molecule has 0 spiro atoms. The van der Waals surface area contributed by atoms with E-state index in [0.717, 1.165) is 13.1 Å². The first-order valence-corrected chi connectivity index (χ1v) is 7.06. The van der Waals surface area contributed by atoms with Gasteiger partial charge < -0.3 is 14.5 Å². The summed E-state index contributed by atoms with van der Waals surface area (Å²) >= 11 is 0. The van der Waals surface area contributed by atoms with Gasteiger partial charge in [0, 0.05) is 26.7 Å². The first-order chi connectivity index (χ1) is 9.56. The predicted octanol–water partition coefficient (Wildman–Crippen LogP) is 2.13. The van der Waals surface area contributed by atoms with Crippen molar-refractivity contribution in [3.05, 3.63) is 35.4 Å². The lowest BCUT2D eigenvalue weighted by atomic mass is 10.1. The summed E-state index contributed by atoms with van der Waals surface area (Å²) in [6, 6.07) is 8.46. The summed E-state index contributed by atoms with van der Waals surface area (Å²) in [7, 11) is 5.73. The molecule has 0 heterocycles. The molecule has 20 heavy (non-hydrogen) atoms. The number of hydrogen-bond donors (Lipinski definition) is 0. The second-order valence-electron chi connectivity index (χ2n) is 5.20.